The largest absolute Gasteiger partial charge is 0.299 e. The Bertz CT molecular complexity index is 124. The van der Waals surface area contributed by atoms with Crippen LogP contribution in [0.4, 0.5) is 0 Å². The lowest BCUT2D eigenvalue weighted by molar-refractivity contribution is 0.201. The summed E-state index contributed by atoms with van der Waals surface area (Å²) >= 11 is 0. The van der Waals surface area contributed by atoms with Gasteiger partial charge in [-0.2, -0.15) is 0 Å². The van der Waals surface area contributed by atoms with E-state index in [-0.39, 0.29) is 5.41 Å². The van der Waals surface area contributed by atoms with E-state index in [0.29, 0.717) is 18.2 Å². The van der Waals surface area contributed by atoms with Gasteiger partial charge in [0.15, 0.2) is 0 Å². The second-order valence-electron chi connectivity index (χ2n) is 5.44. The van der Waals surface area contributed by atoms with Crippen molar-refractivity contribution in [2.45, 2.75) is 66.7 Å². The predicted molar refractivity (Wildman–Crippen MR) is 59.8 cm³/mol. The molecule has 0 saturated heterocycles. The van der Waals surface area contributed by atoms with Crippen LogP contribution in [0.2, 0.25) is 0 Å². The molecular weight excluding hydrogens is 160 g/mol. The molecule has 2 heteroatoms. The van der Waals surface area contributed by atoms with Gasteiger partial charge >= 0.3 is 0 Å². The van der Waals surface area contributed by atoms with Crippen LogP contribution in [0.25, 0.3) is 0 Å². The molecule has 0 spiro atoms. The van der Waals surface area contributed by atoms with Crippen LogP contribution in [-0.2, 0) is 0 Å². The van der Waals surface area contributed by atoms with Crippen molar-refractivity contribution in [2.75, 3.05) is 0 Å². The van der Waals surface area contributed by atoms with E-state index in [2.05, 4.69) is 59.1 Å². The zero-order valence-corrected chi connectivity index (χ0v) is 10.2. The summed E-state index contributed by atoms with van der Waals surface area (Å²) in [5.74, 6) is 0. The van der Waals surface area contributed by atoms with Gasteiger partial charge < -0.3 is 0 Å². The summed E-state index contributed by atoms with van der Waals surface area (Å²) in [6, 6.07) is 1.05. The van der Waals surface area contributed by atoms with Crippen LogP contribution in [0.3, 0.4) is 0 Å². The van der Waals surface area contributed by atoms with E-state index >= 15 is 0 Å². The highest BCUT2D eigenvalue weighted by molar-refractivity contribution is 4.80. The first-order valence-electron chi connectivity index (χ1n) is 5.25. The van der Waals surface area contributed by atoms with E-state index in [1.54, 1.807) is 0 Å². The molecule has 0 saturated carbocycles. The molecule has 0 amide bonds. The molecule has 0 rings (SSSR count). The summed E-state index contributed by atoms with van der Waals surface area (Å²) in [6.07, 6.45) is 0.382. The third-order valence-corrected chi connectivity index (χ3v) is 1.87. The molecular formula is C11H26N2. The third kappa shape index (κ3) is 6.05. The highest BCUT2D eigenvalue weighted by Gasteiger charge is 2.24. The van der Waals surface area contributed by atoms with Gasteiger partial charge in [0.25, 0.3) is 0 Å². The normalized spacial score (nSPS) is 13.4. The molecule has 0 aromatic rings. The number of hydrogen-bond donors (Lipinski definition) is 2. The molecule has 0 aliphatic carbocycles. The maximum atomic E-state index is 3.54. The molecule has 0 aliphatic heterocycles. The maximum Gasteiger partial charge on any atom is 0.0625 e. The van der Waals surface area contributed by atoms with Crippen LogP contribution in [0.1, 0.15) is 48.5 Å². The number of nitrogens with one attached hydrogen (secondary N) is 2. The Kier molecular flexibility index (Phi) is 4.93. The highest BCUT2D eigenvalue weighted by atomic mass is 15.2. The van der Waals surface area contributed by atoms with Crippen LogP contribution in [0, 0.1) is 5.41 Å². The predicted octanol–water partition coefficient (Wildman–Crippen LogP) is 2.35. The maximum absolute atomic E-state index is 3.54. The summed E-state index contributed by atoms with van der Waals surface area (Å²) < 4.78 is 0. The van der Waals surface area contributed by atoms with Crippen molar-refractivity contribution < 1.29 is 0 Å². The van der Waals surface area contributed by atoms with Crippen molar-refractivity contribution >= 4 is 0 Å². The summed E-state index contributed by atoms with van der Waals surface area (Å²) in [7, 11) is 0. The van der Waals surface area contributed by atoms with Gasteiger partial charge in [0, 0.05) is 12.1 Å². The first kappa shape index (κ1) is 12.9. The van der Waals surface area contributed by atoms with Crippen LogP contribution in [0.15, 0.2) is 0 Å². The lowest BCUT2D eigenvalue weighted by Crippen LogP contribution is -2.55. The van der Waals surface area contributed by atoms with Crippen molar-refractivity contribution in [2.24, 2.45) is 5.41 Å². The smallest absolute Gasteiger partial charge is 0.0625 e. The topological polar surface area (TPSA) is 24.1 Å². The quantitative estimate of drug-likeness (QED) is 0.659. The highest BCUT2D eigenvalue weighted by Crippen LogP contribution is 2.18. The molecule has 13 heavy (non-hydrogen) atoms. The minimum absolute atomic E-state index is 0.258. The van der Waals surface area contributed by atoms with Gasteiger partial charge in [0.2, 0.25) is 0 Å². The van der Waals surface area contributed by atoms with E-state index in [1.807, 2.05) is 0 Å². The second kappa shape index (κ2) is 4.97. The molecule has 0 atom stereocenters. The molecule has 0 bridgehead atoms. The molecule has 0 aromatic carbocycles. The summed E-state index contributed by atoms with van der Waals surface area (Å²) in [4.78, 5) is 0. The van der Waals surface area contributed by atoms with Crippen molar-refractivity contribution in [3.05, 3.63) is 0 Å². The molecule has 0 radical (unpaired) electrons. The molecule has 0 unspecified atom stereocenters. The van der Waals surface area contributed by atoms with Crippen molar-refractivity contribution in [1.29, 1.82) is 0 Å². The fraction of sp³-hybridized carbons (Fsp3) is 1.00. The summed E-state index contributed by atoms with van der Waals surface area (Å²) in [5, 5.41) is 7.08. The Balaban J connectivity index is 4.20. The monoisotopic (exact) mass is 186 g/mol. The first-order chi connectivity index (χ1) is 5.73. The molecule has 2 N–H and O–H groups in total. The van der Waals surface area contributed by atoms with Crippen molar-refractivity contribution in [3.8, 4) is 0 Å². The lowest BCUT2D eigenvalue weighted by atomic mass is 9.91. The molecule has 0 heterocycles. The SMILES string of the molecule is CC(C)NC(NC(C)C)C(C)(C)C. The van der Waals surface area contributed by atoms with Gasteiger partial charge in [0.1, 0.15) is 0 Å². The molecule has 0 aliphatic rings. The first-order valence-corrected chi connectivity index (χ1v) is 5.25. The number of rotatable bonds is 4. The van der Waals surface area contributed by atoms with E-state index in [9.17, 15) is 0 Å². The van der Waals surface area contributed by atoms with Crippen LogP contribution >= 0.6 is 0 Å². The van der Waals surface area contributed by atoms with E-state index < -0.39 is 0 Å². The zero-order valence-electron chi connectivity index (χ0n) is 10.2. The average molecular weight is 186 g/mol. The molecule has 80 valence electrons. The minimum Gasteiger partial charge on any atom is -0.299 e. The second-order valence-corrected chi connectivity index (χ2v) is 5.44. The van der Waals surface area contributed by atoms with Crippen LogP contribution in [0.5, 0.6) is 0 Å². The van der Waals surface area contributed by atoms with Crippen molar-refractivity contribution in [1.82, 2.24) is 10.6 Å². The zero-order chi connectivity index (χ0) is 10.6. The molecule has 0 aromatic heterocycles. The summed E-state index contributed by atoms with van der Waals surface area (Å²) in [6.45, 7) is 15.5. The van der Waals surface area contributed by atoms with Crippen LogP contribution in [-0.4, -0.2) is 18.2 Å². The minimum atomic E-state index is 0.258. The van der Waals surface area contributed by atoms with E-state index in [0.717, 1.165) is 0 Å². The molecule has 2 nitrogen and oxygen atoms in total. The Morgan fingerprint density at radius 3 is 1.23 bits per heavy atom. The molecule has 0 fully saturated rings. The van der Waals surface area contributed by atoms with E-state index in [1.165, 1.54) is 0 Å². The Morgan fingerprint density at radius 1 is 0.769 bits per heavy atom. The van der Waals surface area contributed by atoms with Crippen molar-refractivity contribution in [3.63, 3.8) is 0 Å². The Hall–Kier alpha value is -0.0800. The van der Waals surface area contributed by atoms with Gasteiger partial charge in [-0.1, -0.05) is 20.8 Å². The van der Waals surface area contributed by atoms with Crippen LogP contribution < -0.4 is 10.6 Å². The van der Waals surface area contributed by atoms with Gasteiger partial charge in [-0.15, -0.1) is 0 Å². The number of hydrogen-bond acceptors (Lipinski definition) is 2. The van der Waals surface area contributed by atoms with Gasteiger partial charge in [-0.3, -0.25) is 10.6 Å². The average Bonchev–Trinajstić information content (AvgIpc) is 1.81. The standard InChI is InChI=1S/C11H26N2/c1-8(2)12-10(11(5,6)7)13-9(3)4/h8-10,12-13H,1-7H3. The Morgan fingerprint density at radius 2 is 1.08 bits per heavy atom. The fourth-order valence-electron chi connectivity index (χ4n) is 1.21. The fourth-order valence-corrected chi connectivity index (χ4v) is 1.21. The van der Waals surface area contributed by atoms with E-state index in [4.69, 9.17) is 0 Å². The Labute approximate surface area is 83.5 Å². The van der Waals surface area contributed by atoms with Gasteiger partial charge in [-0.05, 0) is 33.1 Å². The van der Waals surface area contributed by atoms with Gasteiger partial charge in [0.05, 0.1) is 6.17 Å². The summed E-state index contributed by atoms with van der Waals surface area (Å²) in [5.41, 5.74) is 0.258. The third-order valence-electron chi connectivity index (χ3n) is 1.87. The van der Waals surface area contributed by atoms with Gasteiger partial charge in [-0.25, -0.2) is 0 Å². The lowest BCUT2D eigenvalue weighted by Gasteiger charge is -2.35.